The molecule has 0 spiro atoms. The molecule has 0 saturated carbocycles. The van der Waals surface area contributed by atoms with Crippen LogP contribution in [0.15, 0.2) is 0 Å². The summed E-state index contributed by atoms with van der Waals surface area (Å²) in [6.45, 7) is 5.00. The summed E-state index contributed by atoms with van der Waals surface area (Å²) < 4.78 is 5.02. The molecule has 0 radical (unpaired) electrons. The second-order valence-corrected chi connectivity index (χ2v) is 2.77. The molecule has 1 fully saturated rings. The molecule has 1 aliphatic rings. The van der Waals surface area contributed by atoms with Crippen LogP contribution in [0.3, 0.4) is 0 Å². The molecule has 0 aromatic rings. The molecule has 0 aromatic heterocycles. The highest BCUT2D eigenvalue weighted by atomic mass is 16.5. The quantitative estimate of drug-likeness (QED) is 0.496. The summed E-state index contributed by atoms with van der Waals surface area (Å²) in [6.07, 6.45) is 0. The van der Waals surface area contributed by atoms with Crippen LogP contribution in [0.2, 0.25) is 0 Å². The molecule has 1 N–H and O–H groups in total. The highest BCUT2D eigenvalue weighted by molar-refractivity contribution is 4.83. The molecule has 2 nitrogen and oxygen atoms in total. The fourth-order valence-electron chi connectivity index (χ4n) is 0.764. The van der Waals surface area contributed by atoms with Crippen LogP contribution < -0.4 is 0 Å². The smallest absolute Gasteiger partial charge is 0.0899 e. The minimum absolute atomic E-state index is 0.294. The van der Waals surface area contributed by atoms with Gasteiger partial charge in [0.15, 0.2) is 0 Å². The first kappa shape index (κ1) is 6.05. The zero-order chi connectivity index (χ0) is 6.20. The monoisotopic (exact) mass is 116 g/mol. The van der Waals surface area contributed by atoms with Gasteiger partial charge in [0.1, 0.15) is 0 Å². The number of rotatable bonds is 0. The molecule has 2 heteroatoms. The lowest BCUT2D eigenvalue weighted by Crippen LogP contribution is -2.30. The van der Waals surface area contributed by atoms with E-state index in [4.69, 9.17) is 4.74 Å². The molecule has 1 saturated heterocycles. The van der Waals surface area contributed by atoms with Crippen molar-refractivity contribution in [3.63, 3.8) is 0 Å². The molecule has 0 aromatic carbocycles. The molecule has 1 rings (SSSR count). The van der Waals surface area contributed by atoms with Crippen LogP contribution in [0.5, 0.6) is 0 Å². The number of hydrogen-bond donors (Lipinski definition) is 1. The fourth-order valence-corrected chi connectivity index (χ4v) is 0.764. The molecule has 1 unspecified atom stereocenters. The molecule has 1 heterocycles. The molecule has 2 atom stereocenters. The van der Waals surface area contributed by atoms with Crippen LogP contribution in [0.1, 0.15) is 13.8 Å². The lowest BCUT2D eigenvalue weighted by atomic mass is 9.95. The molecule has 0 bridgehead atoms. The van der Waals surface area contributed by atoms with E-state index in [0.29, 0.717) is 19.1 Å². The van der Waals surface area contributed by atoms with Crippen molar-refractivity contribution in [1.82, 2.24) is 0 Å². The molecule has 0 aliphatic carbocycles. The van der Waals surface area contributed by atoms with Crippen LogP contribution in [-0.2, 0) is 4.74 Å². The zero-order valence-electron chi connectivity index (χ0n) is 5.35. The third-order valence-electron chi connectivity index (χ3n) is 1.82. The van der Waals surface area contributed by atoms with Crippen molar-refractivity contribution >= 4 is 0 Å². The van der Waals surface area contributed by atoms with E-state index in [-0.39, 0.29) is 0 Å². The van der Waals surface area contributed by atoms with Crippen molar-refractivity contribution in [2.24, 2.45) is 5.92 Å². The highest BCUT2D eigenvalue weighted by Gasteiger charge is 2.34. The van der Waals surface area contributed by atoms with Crippen LogP contribution in [-0.4, -0.2) is 23.9 Å². The average Bonchev–Trinajstić information content (AvgIpc) is 1.86. The van der Waals surface area contributed by atoms with Crippen LogP contribution in [0, 0.1) is 5.92 Å². The lowest BCUT2D eigenvalue weighted by Gasteiger charge is -2.18. The Morgan fingerprint density at radius 1 is 1.75 bits per heavy atom. The van der Waals surface area contributed by atoms with Crippen LogP contribution in [0.25, 0.3) is 0 Å². The lowest BCUT2D eigenvalue weighted by molar-refractivity contribution is 0.0233. The van der Waals surface area contributed by atoms with E-state index in [1.165, 1.54) is 0 Å². The molecular weight excluding hydrogens is 104 g/mol. The number of aliphatic hydroxyl groups is 1. The second-order valence-electron chi connectivity index (χ2n) is 2.77. The van der Waals surface area contributed by atoms with Crippen molar-refractivity contribution in [1.29, 1.82) is 0 Å². The van der Waals surface area contributed by atoms with Crippen LogP contribution >= 0.6 is 0 Å². The first-order valence-electron chi connectivity index (χ1n) is 2.93. The predicted molar refractivity (Wildman–Crippen MR) is 30.6 cm³/mol. The first-order chi connectivity index (χ1) is 3.63. The van der Waals surface area contributed by atoms with Crippen molar-refractivity contribution in [3.05, 3.63) is 0 Å². The predicted octanol–water partition coefficient (Wildman–Crippen LogP) is 0.404. The summed E-state index contributed by atoms with van der Waals surface area (Å²) in [5.74, 6) is 0.294. The van der Waals surface area contributed by atoms with Gasteiger partial charge < -0.3 is 9.84 Å². The summed E-state index contributed by atoms with van der Waals surface area (Å²) in [5.41, 5.74) is -0.569. The van der Waals surface area contributed by atoms with Crippen molar-refractivity contribution in [2.45, 2.75) is 19.4 Å². The van der Waals surface area contributed by atoms with Crippen LogP contribution in [0.4, 0.5) is 0 Å². The molecule has 0 amide bonds. The van der Waals surface area contributed by atoms with Gasteiger partial charge in [-0.2, -0.15) is 0 Å². The summed E-state index contributed by atoms with van der Waals surface area (Å²) >= 11 is 0. The van der Waals surface area contributed by atoms with E-state index in [1.54, 1.807) is 0 Å². The van der Waals surface area contributed by atoms with Gasteiger partial charge >= 0.3 is 0 Å². The molecular formula is C6H12O2. The fraction of sp³-hybridized carbons (Fsp3) is 1.00. The number of hydrogen-bond acceptors (Lipinski definition) is 2. The molecule has 1 aliphatic heterocycles. The maximum absolute atomic E-state index is 9.34. The van der Waals surface area contributed by atoms with Gasteiger partial charge in [0.05, 0.1) is 18.8 Å². The first-order valence-corrected chi connectivity index (χ1v) is 2.93. The SMILES string of the molecule is C[C@H]1COCC1(C)O. The van der Waals surface area contributed by atoms with Gasteiger partial charge in [0.2, 0.25) is 0 Å². The van der Waals surface area contributed by atoms with Crippen molar-refractivity contribution < 1.29 is 9.84 Å². The maximum Gasteiger partial charge on any atom is 0.0899 e. The summed E-state index contributed by atoms with van der Waals surface area (Å²) in [5, 5.41) is 9.34. The Labute approximate surface area is 49.5 Å². The average molecular weight is 116 g/mol. The minimum atomic E-state index is -0.569. The Hall–Kier alpha value is -0.0800. The Kier molecular flexibility index (Phi) is 1.29. The summed E-state index contributed by atoms with van der Waals surface area (Å²) in [4.78, 5) is 0. The third-order valence-corrected chi connectivity index (χ3v) is 1.82. The van der Waals surface area contributed by atoms with E-state index >= 15 is 0 Å². The normalized spacial score (nSPS) is 47.6. The molecule has 48 valence electrons. The van der Waals surface area contributed by atoms with E-state index in [1.807, 2.05) is 13.8 Å². The minimum Gasteiger partial charge on any atom is -0.387 e. The van der Waals surface area contributed by atoms with Gasteiger partial charge in [-0.05, 0) is 6.92 Å². The Bertz CT molecular complexity index is 88.5. The third kappa shape index (κ3) is 0.858. The topological polar surface area (TPSA) is 29.5 Å². The Morgan fingerprint density at radius 2 is 2.38 bits per heavy atom. The van der Waals surface area contributed by atoms with Crippen molar-refractivity contribution in [3.8, 4) is 0 Å². The maximum atomic E-state index is 9.34. The number of ether oxygens (including phenoxy) is 1. The largest absolute Gasteiger partial charge is 0.387 e. The second kappa shape index (κ2) is 1.71. The summed E-state index contributed by atoms with van der Waals surface area (Å²) in [6, 6.07) is 0. The van der Waals surface area contributed by atoms with Crippen molar-refractivity contribution in [2.75, 3.05) is 13.2 Å². The van der Waals surface area contributed by atoms with Gasteiger partial charge in [-0.15, -0.1) is 0 Å². The van der Waals surface area contributed by atoms with E-state index in [0.717, 1.165) is 0 Å². The van der Waals surface area contributed by atoms with E-state index in [9.17, 15) is 5.11 Å². The Balaban J connectivity index is 2.54. The Morgan fingerprint density at radius 3 is 2.50 bits per heavy atom. The van der Waals surface area contributed by atoms with E-state index in [2.05, 4.69) is 0 Å². The standard InChI is InChI=1S/C6H12O2/c1-5-3-8-4-6(5,2)7/h5,7H,3-4H2,1-2H3/t5-,6?/m0/s1. The van der Waals surface area contributed by atoms with Gasteiger partial charge in [-0.25, -0.2) is 0 Å². The summed E-state index contributed by atoms with van der Waals surface area (Å²) in [7, 11) is 0. The van der Waals surface area contributed by atoms with Gasteiger partial charge in [-0.3, -0.25) is 0 Å². The molecule has 8 heavy (non-hydrogen) atoms. The zero-order valence-corrected chi connectivity index (χ0v) is 5.35. The van der Waals surface area contributed by atoms with Gasteiger partial charge in [-0.1, -0.05) is 6.92 Å². The van der Waals surface area contributed by atoms with Gasteiger partial charge in [0, 0.05) is 5.92 Å². The van der Waals surface area contributed by atoms with E-state index < -0.39 is 5.60 Å². The van der Waals surface area contributed by atoms with Gasteiger partial charge in [0.25, 0.3) is 0 Å². The highest BCUT2D eigenvalue weighted by Crippen LogP contribution is 2.23.